The van der Waals surface area contributed by atoms with E-state index >= 15 is 0 Å². The normalized spacial score (nSPS) is 12.2. The first kappa shape index (κ1) is 16.5. The van der Waals surface area contributed by atoms with E-state index in [1.54, 1.807) is 7.05 Å². The quantitative estimate of drug-likeness (QED) is 0.590. The average molecular weight is 281 g/mol. The van der Waals surface area contributed by atoms with Crippen molar-refractivity contribution in [3.05, 3.63) is 11.7 Å². The van der Waals surface area contributed by atoms with Crippen molar-refractivity contribution in [2.45, 2.75) is 46.5 Å². The Hall–Kier alpha value is -1.59. The second-order valence-electron chi connectivity index (χ2n) is 5.56. The van der Waals surface area contributed by atoms with Gasteiger partial charge in [-0.25, -0.2) is 0 Å². The molecule has 0 unspecified atom stereocenters. The number of nitrogens with zero attached hydrogens (tertiary/aromatic N) is 3. The zero-order valence-corrected chi connectivity index (χ0v) is 13.2. The zero-order valence-electron chi connectivity index (χ0n) is 13.2. The molecular weight excluding hydrogens is 254 g/mol. The maximum absolute atomic E-state index is 5.19. The van der Waals surface area contributed by atoms with E-state index in [0.29, 0.717) is 24.1 Å². The molecule has 0 radical (unpaired) electrons. The molecule has 0 atom stereocenters. The molecule has 20 heavy (non-hydrogen) atoms. The van der Waals surface area contributed by atoms with Gasteiger partial charge in [0.25, 0.3) is 0 Å². The summed E-state index contributed by atoms with van der Waals surface area (Å²) in [6, 6.07) is 0. The van der Waals surface area contributed by atoms with Crippen LogP contribution in [-0.4, -0.2) is 36.2 Å². The van der Waals surface area contributed by atoms with Crippen LogP contribution in [0.5, 0.6) is 0 Å². The van der Waals surface area contributed by atoms with E-state index in [1.807, 2.05) is 13.8 Å². The number of aromatic nitrogens is 2. The highest BCUT2D eigenvalue weighted by Crippen LogP contribution is 2.09. The lowest BCUT2D eigenvalue weighted by atomic mass is 10.1. The Morgan fingerprint density at radius 3 is 2.45 bits per heavy atom. The van der Waals surface area contributed by atoms with E-state index in [1.165, 1.54) is 0 Å². The van der Waals surface area contributed by atoms with Gasteiger partial charge in [0.1, 0.15) is 0 Å². The van der Waals surface area contributed by atoms with Crippen LogP contribution in [-0.2, 0) is 6.42 Å². The largest absolute Gasteiger partial charge is 0.356 e. The van der Waals surface area contributed by atoms with Crippen molar-refractivity contribution in [1.82, 2.24) is 20.8 Å². The van der Waals surface area contributed by atoms with Gasteiger partial charge in [-0.1, -0.05) is 32.9 Å². The van der Waals surface area contributed by atoms with Crippen molar-refractivity contribution >= 4 is 5.96 Å². The van der Waals surface area contributed by atoms with Crippen LogP contribution in [0, 0.1) is 5.92 Å². The molecule has 1 rings (SSSR count). The van der Waals surface area contributed by atoms with E-state index < -0.39 is 0 Å². The summed E-state index contributed by atoms with van der Waals surface area (Å²) in [7, 11) is 1.77. The zero-order chi connectivity index (χ0) is 15.0. The van der Waals surface area contributed by atoms with Crippen LogP contribution in [0.2, 0.25) is 0 Å². The molecule has 6 nitrogen and oxygen atoms in total. The maximum atomic E-state index is 5.19. The first-order valence-electron chi connectivity index (χ1n) is 7.30. The molecule has 1 aromatic rings. The highest BCUT2D eigenvalue weighted by atomic mass is 16.5. The summed E-state index contributed by atoms with van der Waals surface area (Å²) in [5, 5.41) is 10.5. The van der Waals surface area contributed by atoms with E-state index in [0.717, 1.165) is 31.3 Å². The number of guanidine groups is 1. The van der Waals surface area contributed by atoms with Crippen molar-refractivity contribution in [3.63, 3.8) is 0 Å². The molecule has 6 heteroatoms. The van der Waals surface area contributed by atoms with E-state index in [-0.39, 0.29) is 0 Å². The fourth-order valence-electron chi connectivity index (χ4n) is 1.59. The van der Waals surface area contributed by atoms with Gasteiger partial charge < -0.3 is 15.2 Å². The molecule has 0 saturated carbocycles. The lowest BCUT2D eigenvalue weighted by molar-refractivity contribution is 0.371. The minimum absolute atomic E-state index is 0.297. The second-order valence-corrected chi connectivity index (χ2v) is 5.56. The maximum Gasteiger partial charge on any atom is 0.228 e. The summed E-state index contributed by atoms with van der Waals surface area (Å²) >= 11 is 0. The van der Waals surface area contributed by atoms with Crippen LogP contribution < -0.4 is 10.6 Å². The predicted molar refractivity (Wildman–Crippen MR) is 80.9 cm³/mol. The Balaban J connectivity index is 2.27. The van der Waals surface area contributed by atoms with E-state index in [4.69, 9.17) is 4.52 Å². The van der Waals surface area contributed by atoms with Gasteiger partial charge in [-0.05, 0) is 12.3 Å². The smallest absolute Gasteiger partial charge is 0.228 e. The molecular formula is C14H27N5O. The molecule has 0 aliphatic rings. The van der Waals surface area contributed by atoms with Gasteiger partial charge in [-0.3, -0.25) is 4.99 Å². The van der Waals surface area contributed by atoms with Gasteiger partial charge in [0.15, 0.2) is 11.8 Å². The standard InChI is InChI=1S/C14H27N5O/c1-10(2)6-8-16-14(15-5)17-9-7-12-18-13(11(3)4)19-20-12/h10-11H,6-9H2,1-5H3,(H2,15,16,17). The number of hydrogen-bond donors (Lipinski definition) is 2. The fraction of sp³-hybridized carbons (Fsp3) is 0.786. The van der Waals surface area contributed by atoms with Crippen LogP contribution in [0.4, 0.5) is 0 Å². The molecule has 114 valence electrons. The Labute approximate surface area is 121 Å². The molecule has 0 spiro atoms. The van der Waals surface area contributed by atoms with Crippen LogP contribution in [0.1, 0.15) is 51.7 Å². The molecule has 0 amide bonds. The van der Waals surface area contributed by atoms with Crippen LogP contribution in [0.15, 0.2) is 9.52 Å². The third-order valence-electron chi connectivity index (χ3n) is 2.87. The van der Waals surface area contributed by atoms with Gasteiger partial charge in [-0.15, -0.1) is 0 Å². The highest BCUT2D eigenvalue weighted by Gasteiger charge is 2.09. The summed E-state index contributed by atoms with van der Waals surface area (Å²) in [5.74, 6) is 3.23. The van der Waals surface area contributed by atoms with Crippen molar-refractivity contribution in [3.8, 4) is 0 Å². The molecule has 0 aliphatic heterocycles. The number of aliphatic imine (C=N–C) groups is 1. The van der Waals surface area contributed by atoms with Crippen molar-refractivity contribution in [2.75, 3.05) is 20.1 Å². The third kappa shape index (κ3) is 6.04. The Bertz CT molecular complexity index is 411. The predicted octanol–water partition coefficient (Wildman–Crippen LogP) is 1.95. The van der Waals surface area contributed by atoms with E-state index in [2.05, 4.69) is 39.6 Å². The monoisotopic (exact) mass is 281 g/mol. The SMILES string of the molecule is CN=C(NCCc1nc(C(C)C)no1)NCCC(C)C. The molecule has 1 aromatic heterocycles. The molecule has 0 fully saturated rings. The van der Waals surface area contributed by atoms with Crippen molar-refractivity contribution < 1.29 is 4.52 Å². The minimum Gasteiger partial charge on any atom is -0.356 e. The Morgan fingerprint density at radius 1 is 1.20 bits per heavy atom. The summed E-state index contributed by atoms with van der Waals surface area (Å²) in [5.41, 5.74) is 0. The van der Waals surface area contributed by atoms with Gasteiger partial charge in [-0.2, -0.15) is 4.98 Å². The third-order valence-corrected chi connectivity index (χ3v) is 2.87. The Kier molecular flexibility index (Phi) is 7.04. The molecule has 0 aromatic carbocycles. The molecule has 0 saturated heterocycles. The van der Waals surface area contributed by atoms with Gasteiger partial charge >= 0.3 is 0 Å². The first-order chi connectivity index (χ1) is 9.52. The highest BCUT2D eigenvalue weighted by molar-refractivity contribution is 5.79. The number of hydrogen-bond acceptors (Lipinski definition) is 4. The van der Waals surface area contributed by atoms with Crippen LogP contribution in [0.25, 0.3) is 0 Å². The van der Waals surface area contributed by atoms with Gasteiger partial charge in [0.05, 0.1) is 0 Å². The lowest BCUT2D eigenvalue weighted by Gasteiger charge is -2.11. The van der Waals surface area contributed by atoms with Gasteiger partial charge in [0, 0.05) is 32.5 Å². The van der Waals surface area contributed by atoms with Crippen molar-refractivity contribution in [2.24, 2.45) is 10.9 Å². The summed E-state index contributed by atoms with van der Waals surface area (Å²) in [6.45, 7) is 10.2. The molecule has 1 heterocycles. The first-order valence-corrected chi connectivity index (χ1v) is 7.30. The molecule has 2 N–H and O–H groups in total. The van der Waals surface area contributed by atoms with Crippen LogP contribution >= 0.6 is 0 Å². The number of rotatable bonds is 7. The topological polar surface area (TPSA) is 75.3 Å². The van der Waals surface area contributed by atoms with Crippen molar-refractivity contribution in [1.29, 1.82) is 0 Å². The minimum atomic E-state index is 0.297. The number of nitrogens with one attached hydrogen (secondary N) is 2. The molecule has 0 aliphatic carbocycles. The summed E-state index contributed by atoms with van der Waals surface area (Å²) in [6.07, 6.45) is 1.83. The average Bonchev–Trinajstić information content (AvgIpc) is 2.85. The Morgan fingerprint density at radius 2 is 1.90 bits per heavy atom. The van der Waals surface area contributed by atoms with Gasteiger partial charge in [0.2, 0.25) is 5.89 Å². The van der Waals surface area contributed by atoms with Crippen LogP contribution in [0.3, 0.4) is 0 Å². The second kappa shape index (κ2) is 8.55. The summed E-state index contributed by atoms with van der Waals surface area (Å²) < 4.78 is 5.19. The lowest BCUT2D eigenvalue weighted by Crippen LogP contribution is -2.39. The van der Waals surface area contributed by atoms with E-state index in [9.17, 15) is 0 Å². The molecule has 0 bridgehead atoms. The summed E-state index contributed by atoms with van der Waals surface area (Å²) in [4.78, 5) is 8.52. The fourth-order valence-corrected chi connectivity index (χ4v) is 1.59.